The topological polar surface area (TPSA) is 48.7 Å². The molecule has 2 rings (SSSR count). The molecule has 2 aromatic rings. The summed E-state index contributed by atoms with van der Waals surface area (Å²) in [4.78, 5) is 4.24. The van der Waals surface area contributed by atoms with Crippen molar-refractivity contribution in [2.75, 3.05) is 0 Å². The van der Waals surface area contributed by atoms with Crippen molar-refractivity contribution in [1.82, 2.24) is 10.3 Å². The number of pyridine rings is 1. The van der Waals surface area contributed by atoms with E-state index in [9.17, 15) is 4.39 Å². The minimum atomic E-state index is -0.361. The molecule has 3 nitrogen and oxygen atoms in total. The van der Waals surface area contributed by atoms with Gasteiger partial charge in [0.25, 0.3) is 0 Å². The lowest BCUT2D eigenvalue weighted by Gasteiger charge is -2.13. The molecule has 0 amide bonds. The molecule has 0 fully saturated rings. The SMILES string of the molecule is C[C@@H](NCc1ccc(C#N)cc1F)c1ccccn1. The van der Waals surface area contributed by atoms with Crippen molar-refractivity contribution >= 4 is 0 Å². The van der Waals surface area contributed by atoms with Gasteiger partial charge in [-0.15, -0.1) is 0 Å². The predicted molar refractivity (Wildman–Crippen MR) is 70.6 cm³/mol. The van der Waals surface area contributed by atoms with Crippen LogP contribution < -0.4 is 5.32 Å². The normalized spacial score (nSPS) is 11.8. The maximum absolute atomic E-state index is 13.7. The van der Waals surface area contributed by atoms with Crippen molar-refractivity contribution in [3.63, 3.8) is 0 Å². The number of nitriles is 1. The number of aromatic nitrogens is 1. The highest BCUT2D eigenvalue weighted by Crippen LogP contribution is 2.13. The lowest BCUT2D eigenvalue weighted by molar-refractivity contribution is 0.536. The molecule has 1 N–H and O–H groups in total. The van der Waals surface area contributed by atoms with E-state index in [1.165, 1.54) is 6.07 Å². The molecule has 4 heteroatoms. The van der Waals surface area contributed by atoms with E-state index in [0.717, 1.165) is 5.69 Å². The Balaban J connectivity index is 2.01. The molecule has 0 unspecified atom stereocenters. The van der Waals surface area contributed by atoms with E-state index in [1.54, 1.807) is 18.3 Å². The van der Waals surface area contributed by atoms with Crippen LogP contribution in [0.5, 0.6) is 0 Å². The summed E-state index contributed by atoms with van der Waals surface area (Å²) in [5.74, 6) is -0.361. The van der Waals surface area contributed by atoms with Crippen LogP contribution in [0.4, 0.5) is 4.39 Å². The zero-order chi connectivity index (χ0) is 13.7. The predicted octanol–water partition coefficient (Wildman–Crippen LogP) is 2.94. The fraction of sp³-hybridized carbons (Fsp3) is 0.200. The maximum Gasteiger partial charge on any atom is 0.129 e. The van der Waals surface area contributed by atoms with Gasteiger partial charge in [0.05, 0.1) is 17.3 Å². The smallest absolute Gasteiger partial charge is 0.129 e. The van der Waals surface area contributed by atoms with Gasteiger partial charge in [-0.05, 0) is 31.2 Å². The van der Waals surface area contributed by atoms with Gasteiger partial charge in [0.15, 0.2) is 0 Å². The fourth-order valence-corrected chi connectivity index (χ4v) is 1.76. The first-order valence-electron chi connectivity index (χ1n) is 6.03. The van der Waals surface area contributed by atoms with Crippen LogP contribution in [0, 0.1) is 17.1 Å². The minimum Gasteiger partial charge on any atom is -0.305 e. The summed E-state index contributed by atoms with van der Waals surface area (Å²) in [5.41, 5.74) is 1.79. The Hall–Kier alpha value is -2.25. The third-order valence-electron chi connectivity index (χ3n) is 2.91. The van der Waals surface area contributed by atoms with Crippen molar-refractivity contribution in [3.8, 4) is 6.07 Å². The summed E-state index contributed by atoms with van der Waals surface area (Å²) in [6, 6.07) is 12.2. The maximum atomic E-state index is 13.7. The first kappa shape index (κ1) is 13.2. The van der Waals surface area contributed by atoms with Crippen LogP contribution in [0.25, 0.3) is 0 Å². The molecule has 0 aliphatic heterocycles. The number of nitrogens with one attached hydrogen (secondary N) is 1. The second-order valence-corrected chi connectivity index (χ2v) is 4.28. The van der Waals surface area contributed by atoms with E-state index >= 15 is 0 Å². The van der Waals surface area contributed by atoms with Gasteiger partial charge in [-0.25, -0.2) is 4.39 Å². The van der Waals surface area contributed by atoms with Crippen molar-refractivity contribution in [2.24, 2.45) is 0 Å². The van der Waals surface area contributed by atoms with Crippen LogP contribution in [0.2, 0.25) is 0 Å². The number of halogens is 1. The average Bonchev–Trinajstić information content (AvgIpc) is 2.46. The Labute approximate surface area is 111 Å². The van der Waals surface area contributed by atoms with Crippen LogP contribution in [0.3, 0.4) is 0 Å². The second-order valence-electron chi connectivity index (χ2n) is 4.28. The standard InChI is InChI=1S/C15H14FN3/c1-11(15-4-2-3-7-18-15)19-10-13-6-5-12(9-17)8-14(13)16/h2-8,11,19H,10H2,1H3/t11-/m1/s1. The molecule has 0 aliphatic carbocycles. The minimum absolute atomic E-state index is 0.0382. The summed E-state index contributed by atoms with van der Waals surface area (Å²) in [6.07, 6.45) is 1.73. The number of hydrogen-bond acceptors (Lipinski definition) is 3. The van der Waals surface area contributed by atoms with E-state index in [1.807, 2.05) is 31.2 Å². The van der Waals surface area contributed by atoms with Gasteiger partial charge in [0, 0.05) is 24.3 Å². The van der Waals surface area contributed by atoms with E-state index in [2.05, 4.69) is 10.3 Å². The summed E-state index contributed by atoms with van der Waals surface area (Å²) < 4.78 is 13.7. The largest absolute Gasteiger partial charge is 0.305 e. The van der Waals surface area contributed by atoms with Crippen LogP contribution >= 0.6 is 0 Å². The molecule has 0 bridgehead atoms. The zero-order valence-corrected chi connectivity index (χ0v) is 10.6. The van der Waals surface area contributed by atoms with E-state index in [4.69, 9.17) is 5.26 Å². The van der Waals surface area contributed by atoms with Crippen molar-refractivity contribution < 1.29 is 4.39 Å². The Morgan fingerprint density at radius 1 is 1.37 bits per heavy atom. The van der Waals surface area contributed by atoms with Gasteiger partial charge in [-0.3, -0.25) is 4.98 Å². The number of benzene rings is 1. The van der Waals surface area contributed by atoms with Gasteiger partial charge in [-0.1, -0.05) is 12.1 Å². The lowest BCUT2D eigenvalue weighted by Crippen LogP contribution is -2.19. The summed E-state index contributed by atoms with van der Waals surface area (Å²) in [6.45, 7) is 2.37. The Morgan fingerprint density at radius 3 is 2.84 bits per heavy atom. The lowest BCUT2D eigenvalue weighted by atomic mass is 10.1. The Kier molecular flexibility index (Phi) is 4.22. The molecular weight excluding hydrogens is 241 g/mol. The highest BCUT2D eigenvalue weighted by atomic mass is 19.1. The monoisotopic (exact) mass is 255 g/mol. The molecule has 1 aromatic heterocycles. The number of rotatable bonds is 4. The summed E-state index contributed by atoms with van der Waals surface area (Å²) in [7, 11) is 0. The first-order valence-corrected chi connectivity index (χ1v) is 6.03. The van der Waals surface area contributed by atoms with E-state index in [0.29, 0.717) is 17.7 Å². The molecule has 96 valence electrons. The molecule has 1 atom stereocenters. The Bertz CT molecular complexity index is 590. The van der Waals surface area contributed by atoms with Crippen LogP contribution in [0.1, 0.15) is 29.8 Å². The first-order chi connectivity index (χ1) is 9.20. The van der Waals surface area contributed by atoms with Crippen LogP contribution in [-0.4, -0.2) is 4.98 Å². The van der Waals surface area contributed by atoms with Gasteiger partial charge in [0.2, 0.25) is 0 Å². The third kappa shape index (κ3) is 3.36. The number of nitrogens with zero attached hydrogens (tertiary/aromatic N) is 2. The molecule has 1 heterocycles. The second kappa shape index (κ2) is 6.07. The molecule has 0 radical (unpaired) electrons. The molecule has 0 aliphatic rings. The zero-order valence-electron chi connectivity index (χ0n) is 10.6. The molecule has 0 spiro atoms. The van der Waals surface area contributed by atoms with Gasteiger partial charge < -0.3 is 5.32 Å². The van der Waals surface area contributed by atoms with E-state index in [-0.39, 0.29) is 11.9 Å². The molecule has 19 heavy (non-hydrogen) atoms. The Morgan fingerprint density at radius 2 is 2.21 bits per heavy atom. The fourth-order valence-electron chi connectivity index (χ4n) is 1.76. The van der Waals surface area contributed by atoms with Crippen molar-refractivity contribution in [3.05, 3.63) is 65.2 Å². The van der Waals surface area contributed by atoms with Gasteiger partial charge in [-0.2, -0.15) is 5.26 Å². The third-order valence-corrected chi connectivity index (χ3v) is 2.91. The summed E-state index contributed by atoms with van der Waals surface area (Å²) in [5, 5.41) is 11.9. The average molecular weight is 255 g/mol. The number of hydrogen-bond donors (Lipinski definition) is 1. The molecular formula is C15H14FN3. The molecule has 0 saturated carbocycles. The molecule has 0 saturated heterocycles. The summed E-state index contributed by atoms with van der Waals surface area (Å²) >= 11 is 0. The van der Waals surface area contributed by atoms with E-state index < -0.39 is 0 Å². The quantitative estimate of drug-likeness (QED) is 0.913. The molecule has 1 aromatic carbocycles. The highest BCUT2D eigenvalue weighted by Gasteiger charge is 2.08. The van der Waals surface area contributed by atoms with Crippen LogP contribution in [0.15, 0.2) is 42.6 Å². The highest BCUT2D eigenvalue weighted by molar-refractivity contribution is 5.32. The van der Waals surface area contributed by atoms with Gasteiger partial charge >= 0.3 is 0 Å². The van der Waals surface area contributed by atoms with Crippen molar-refractivity contribution in [1.29, 1.82) is 5.26 Å². The van der Waals surface area contributed by atoms with Gasteiger partial charge in [0.1, 0.15) is 5.82 Å². The van der Waals surface area contributed by atoms with Crippen LogP contribution in [-0.2, 0) is 6.54 Å². The van der Waals surface area contributed by atoms with Crippen molar-refractivity contribution in [2.45, 2.75) is 19.5 Å².